The number of aryl methyl sites for hydroxylation is 1. The summed E-state index contributed by atoms with van der Waals surface area (Å²) in [4.78, 5) is 15.6. The quantitative estimate of drug-likeness (QED) is 0.713. The second-order valence-electron chi connectivity index (χ2n) is 5.03. The fourth-order valence-electron chi connectivity index (χ4n) is 2.10. The maximum absolute atomic E-state index is 11.6. The molecule has 2 rings (SSSR count). The average molecular weight is 319 g/mol. The Balaban J connectivity index is 1.77. The van der Waals surface area contributed by atoms with Gasteiger partial charge in [-0.25, -0.2) is 9.78 Å². The van der Waals surface area contributed by atoms with Gasteiger partial charge in [-0.3, -0.25) is 0 Å². The molecule has 0 radical (unpaired) electrons. The maximum Gasteiger partial charge on any atom is 0.407 e. The lowest BCUT2D eigenvalue weighted by molar-refractivity contribution is 0.0113. The van der Waals surface area contributed by atoms with Gasteiger partial charge in [0.25, 0.3) is 0 Å². The molecule has 0 fully saturated rings. The van der Waals surface area contributed by atoms with Gasteiger partial charge in [0.15, 0.2) is 0 Å². The van der Waals surface area contributed by atoms with Crippen molar-refractivity contribution in [3.8, 4) is 0 Å². The first-order valence-corrected chi connectivity index (χ1v) is 7.43. The lowest BCUT2D eigenvalue weighted by Crippen LogP contribution is -2.36. The van der Waals surface area contributed by atoms with Crippen molar-refractivity contribution in [1.82, 2.24) is 14.9 Å². The van der Waals surface area contributed by atoms with E-state index in [0.29, 0.717) is 12.4 Å². The standard InChI is InChI=1S/C16H21N3O4/c1-2-19-9-8-17-15(19)14(21)13(20)10-18-16(22)23-11-12-6-4-3-5-7-12/h3-9,13-14,20-21H,2,10-11H2,1H3,(H,18,22). The number of hydrogen-bond donors (Lipinski definition) is 3. The van der Waals surface area contributed by atoms with E-state index in [4.69, 9.17) is 4.74 Å². The van der Waals surface area contributed by atoms with Crippen LogP contribution in [0.5, 0.6) is 0 Å². The Morgan fingerprint density at radius 3 is 2.78 bits per heavy atom. The number of nitrogens with zero attached hydrogens (tertiary/aromatic N) is 2. The van der Waals surface area contributed by atoms with Crippen molar-refractivity contribution in [2.45, 2.75) is 32.3 Å². The molecule has 1 aromatic heterocycles. The zero-order valence-corrected chi connectivity index (χ0v) is 12.9. The zero-order chi connectivity index (χ0) is 16.7. The summed E-state index contributed by atoms with van der Waals surface area (Å²) < 4.78 is 6.75. The van der Waals surface area contributed by atoms with Crippen molar-refractivity contribution in [1.29, 1.82) is 0 Å². The first kappa shape index (κ1) is 17.0. The highest BCUT2D eigenvalue weighted by molar-refractivity contribution is 5.67. The van der Waals surface area contributed by atoms with Crippen molar-refractivity contribution in [3.05, 3.63) is 54.1 Å². The number of carbonyl (C=O) groups is 1. The summed E-state index contributed by atoms with van der Waals surface area (Å²) in [6, 6.07) is 9.27. The summed E-state index contributed by atoms with van der Waals surface area (Å²) in [6.07, 6.45) is 0.258. The number of aliphatic hydroxyl groups is 2. The molecule has 2 atom stereocenters. The maximum atomic E-state index is 11.6. The fraction of sp³-hybridized carbons (Fsp3) is 0.375. The van der Waals surface area contributed by atoms with E-state index in [2.05, 4.69) is 10.3 Å². The molecule has 7 nitrogen and oxygen atoms in total. The van der Waals surface area contributed by atoms with Crippen LogP contribution in [0, 0.1) is 0 Å². The van der Waals surface area contributed by atoms with Gasteiger partial charge in [-0.1, -0.05) is 30.3 Å². The molecule has 124 valence electrons. The predicted molar refractivity (Wildman–Crippen MR) is 83.5 cm³/mol. The minimum Gasteiger partial charge on any atom is -0.445 e. The zero-order valence-electron chi connectivity index (χ0n) is 12.9. The summed E-state index contributed by atoms with van der Waals surface area (Å²) in [5.74, 6) is 0.361. The molecule has 0 aliphatic rings. The average Bonchev–Trinajstić information content (AvgIpc) is 3.06. The number of benzene rings is 1. The SMILES string of the molecule is CCn1ccnc1C(O)C(O)CNC(=O)OCc1ccccc1. The second kappa shape index (κ2) is 8.30. The Kier molecular flexibility index (Phi) is 6.13. The van der Waals surface area contributed by atoms with E-state index in [0.717, 1.165) is 5.56 Å². The Morgan fingerprint density at radius 1 is 1.35 bits per heavy atom. The van der Waals surface area contributed by atoms with Crippen LogP contribution >= 0.6 is 0 Å². The molecule has 2 unspecified atom stereocenters. The van der Waals surface area contributed by atoms with Crippen molar-refractivity contribution < 1.29 is 19.7 Å². The molecule has 23 heavy (non-hydrogen) atoms. The molecule has 0 saturated carbocycles. The summed E-state index contributed by atoms with van der Waals surface area (Å²) in [5, 5.41) is 22.5. The van der Waals surface area contributed by atoms with E-state index in [-0.39, 0.29) is 13.2 Å². The lowest BCUT2D eigenvalue weighted by Gasteiger charge is -2.18. The van der Waals surface area contributed by atoms with Crippen LogP contribution < -0.4 is 5.32 Å². The molecule has 2 aromatic rings. The molecule has 3 N–H and O–H groups in total. The van der Waals surface area contributed by atoms with Gasteiger partial charge >= 0.3 is 6.09 Å². The number of imidazole rings is 1. The third-order valence-electron chi connectivity index (χ3n) is 3.39. The van der Waals surface area contributed by atoms with E-state index in [1.807, 2.05) is 37.3 Å². The molecule has 1 aromatic carbocycles. The summed E-state index contributed by atoms with van der Waals surface area (Å²) in [6.45, 7) is 2.55. The minimum atomic E-state index is -1.18. The molecule has 0 aliphatic heterocycles. The summed E-state index contributed by atoms with van der Waals surface area (Å²) in [5.41, 5.74) is 0.869. The number of alkyl carbamates (subject to hydrolysis) is 1. The molecule has 1 amide bonds. The van der Waals surface area contributed by atoms with E-state index in [9.17, 15) is 15.0 Å². The van der Waals surface area contributed by atoms with E-state index in [1.165, 1.54) is 0 Å². The van der Waals surface area contributed by atoms with Crippen LogP contribution in [0.4, 0.5) is 4.79 Å². The number of aliphatic hydroxyl groups excluding tert-OH is 2. The Labute approximate surface area is 134 Å². The number of rotatable bonds is 7. The van der Waals surface area contributed by atoms with Gasteiger partial charge < -0.3 is 24.8 Å². The van der Waals surface area contributed by atoms with Crippen LogP contribution in [0.25, 0.3) is 0 Å². The molecular formula is C16H21N3O4. The number of hydrogen-bond acceptors (Lipinski definition) is 5. The third-order valence-corrected chi connectivity index (χ3v) is 3.39. The Morgan fingerprint density at radius 2 is 2.09 bits per heavy atom. The van der Waals surface area contributed by atoms with Gasteiger partial charge in [0.1, 0.15) is 24.6 Å². The largest absolute Gasteiger partial charge is 0.445 e. The molecule has 0 bridgehead atoms. The Hall–Kier alpha value is -2.38. The molecule has 1 heterocycles. The summed E-state index contributed by atoms with van der Waals surface area (Å²) >= 11 is 0. The van der Waals surface area contributed by atoms with Crippen LogP contribution in [-0.4, -0.2) is 38.5 Å². The molecule has 7 heteroatoms. The third kappa shape index (κ3) is 4.80. The van der Waals surface area contributed by atoms with Crippen LogP contribution in [0.2, 0.25) is 0 Å². The van der Waals surface area contributed by atoms with Gasteiger partial charge in [0, 0.05) is 25.5 Å². The molecule has 0 aliphatic carbocycles. The van der Waals surface area contributed by atoms with Crippen LogP contribution in [0.15, 0.2) is 42.7 Å². The van der Waals surface area contributed by atoms with Gasteiger partial charge in [-0.15, -0.1) is 0 Å². The van der Waals surface area contributed by atoms with E-state index >= 15 is 0 Å². The highest BCUT2D eigenvalue weighted by Gasteiger charge is 2.23. The van der Waals surface area contributed by atoms with Crippen LogP contribution in [0.3, 0.4) is 0 Å². The van der Waals surface area contributed by atoms with Crippen molar-refractivity contribution in [2.24, 2.45) is 0 Å². The van der Waals surface area contributed by atoms with Gasteiger partial charge in [-0.05, 0) is 12.5 Å². The fourth-order valence-corrected chi connectivity index (χ4v) is 2.10. The highest BCUT2D eigenvalue weighted by atomic mass is 16.5. The first-order chi connectivity index (χ1) is 11.1. The van der Waals surface area contributed by atoms with Gasteiger partial charge in [0.2, 0.25) is 0 Å². The second-order valence-corrected chi connectivity index (χ2v) is 5.03. The molecular weight excluding hydrogens is 298 g/mol. The predicted octanol–water partition coefficient (Wildman–Crippen LogP) is 1.22. The summed E-state index contributed by atoms with van der Waals surface area (Å²) in [7, 11) is 0. The number of amides is 1. The first-order valence-electron chi connectivity index (χ1n) is 7.43. The van der Waals surface area contributed by atoms with Crippen molar-refractivity contribution >= 4 is 6.09 Å². The smallest absolute Gasteiger partial charge is 0.407 e. The van der Waals surface area contributed by atoms with Crippen LogP contribution in [-0.2, 0) is 17.9 Å². The molecule has 0 saturated heterocycles. The number of ether oxygens (including phenoxy) is 1. The number of carbonyl (C=O) groups excluding carboxylic acids is 1. The lowest BCUT2D eigenvalue weighted by atomic mass is 10.2. The van der Waals surface area contributed by atoms with E-state index < -0.39 is 18.3 Å². The minimum absolute atomic E-state index is 0.134. The van der Waals surface area contributed by atoms with Gasteiger partial charge in [0.05, 0.1) is 0 Å². The van der Waals surface area contributed by atoms with E-state index in [1.54, 1.807) is 17.0 Å². The van der Waals surface area contributed by atoms with Crippen LogP contribution in [0.1, 0.15) is 24.4 Å². The normalized spacial score (nSPS) is 13.3. The number of nitrogens with one attached hydrogen (secondary N) is 1. The number of aromatic nitrogens is 2. The highest BCUT2D eigenvalue weighted by Crippen LogP contribution is 2.14. The van der Waals surface area contributed by atoms with Gasteiger partial charge in [-0.2, -0.15) is 0 Å². The van der Waals surface area contributed by atoms with Crippen molar-refractivity contribution in [2.75, 3.05) is 6.54 Å². The topological polar surface area (TPSA) is 96.6 Å². The van der Waals surface area contributed by atoms with Crippen molar-refractivity contribution in [3.63, 3.8) is 0 Å². The molecule has 0 spiro atoms. The Bertz CT molecular complexity index is 615. The monoisotopic (exact) mass is 319 g/mol.